The Morgan fingerprint density at radius 1 is 1.09 bits per heavy atom. The number of nitrogens with zero attached hydrogens (tertiary/aromatic N) is 3. The molecule has 1 N–H and O–H groups in total. The molecule has 23 heavy (non-hydrogen) atoms. The lowest BCUT2D eigenvalue weighted by Gasteiger charge is -2.07. The van der Waals surface area contributed by atoms with E-state index in [0.29, 0.717) is 5.75 Å². The first-order chi connectivity index (χ1) is 11.1. The van der Waals surface area contributed by atoms with Gasteiger partial charge >= 0.3 is 0 Å². The van der Waals surface area contributed by atoms with E-state index < -0.39 is 0 Å². The summed E-state index contributed by atoms with van der Waals surface area (Å²) < 4.78 is 4.18. The van der Waals surface area contributed by atoms with Gasteiger partial charge in [0, 0.05) is 23.2 Å². The number of hydrogen-bond acceptors (Lipinski definition) is 2. The summed E-state index contributed by atoms with van der Waals surface area (Å²) in [7, 11) is 2.01. The smallest absolute Gasteiger partial charge is 0.287 e. The average molecular weight is 304 g/mol. The van der Waals surface area contributed by atoms with E-state index in [1.54, 1.807) is 0 Å². The quantitative estimate of drug-likeness (QED) is 0.548. The SMILES string of the molecule is Cc1cc2c3cccnc3n(-c3cccc[n+]3C)c2c(C)c1O. The van der Waals surface area contributed by atoms with Crippen LogP contribution in [0.1, 0.15) is 11.1 Å². The van der Waals surface area contributed by atoms with Gasteiger partial charge < -0.3 is 5.11 Å². The lowest BCUT2D eigenvalue weighted by atomic mass is 10.1. The summed E-state index contributed by atoms with van der Waals surface area (Å²) in [5.41, 5.74) is 3.66. The minimum absolute atomic E-state index is 0.347. The Hall–Kier alpha value is -2.88. The van der Waals surface area contributed by atoms with Gasteiger partial charge in [-0.05, 0) is 43.7 Å². The minimum Gasteiger partial charge on any atom is -0.507 e. The van der Waals surface area contributed by atoms with Crippen LogP contribution in [0.25, 0.3) is 27.8 Å². The zero-order chi connectivity index (χ0) is 16.1. The topological polar surface area (TPSA) is 41.9 Å². The van der Waals surface area contributed by atoms with E-state index in [9.17, 15) is 5.11 Å². The third kappa shape index (κ3) is 1.84. The van der Waals surface area contributed by atoms with Crippen molar-refractivity contribution in [2.75, 3.05) is 0 Å². The van der Waals surface area contributed by atoms with Crippen LogP contribution in [0.5, 0.6) is 5.75 Å². The maximum absolute atomic E-state index is 10.4. The number of aromatic nitrogens is 3. The summed E-state index contributed by atoms with van der Waals surface area (Å²) in [6, 6.07) is 12.2. The summed E-state index contributed by atoms with van der Waals surface area (Å²) in [6.07, 6.45) is 3.82. The Labute approximate surface area is 134 Å². The summed E-state index contributed by atoms with van der Waals surface area (Å²) in [6.45, 7) is 3.90. The maximum Gasteiger partial charge on any atom is 0.287 e. The Kier molecular flexibility index (Phi) is 2.88. The van der Waals surface area contributed by atoms with E-state index in [0.717, 1.165) is 38.9 Å². The molecule has 4 heteroatoms. The molecule has 0 aliphatic heterocycles. The van der Waals surface area contributed by atoms with Crippen LogP contribution >= 0.6 is 0 Å². The van der Waals surface area contributed by atoms with Crippen LogP contribution in [-0.4, -0.2) is 14.7 Å². The molecule has 0 radical (unpaired) electrons. The highest BCUT2D eigenvalue weighted by atomic mass is 16.3. The van der Waals surface area contributed by atoms with Crippen LogP contribution in [0.4, 0.5) is 0 Å². The number of aromatic hydroxyl groups is 1. The average Bonchev–Trinajstić information content (AvgIpc) is 2.88. The minimum atomic E-state index is 0.347. The third-order valence-corrected chi connectivity index (χ3v) is 4.47. The first kappa shape index (κ1) is 13.8. The Balaban J connectivity index is 2.30. The number of rotatable bonds is 1. The van der Waals surface area contributed by atoms with E-state index >= 15 is 0 Å². The molecule has 3 aromatic heterocycles. The van der Waals surface area contributed by atoms with Crippen LogP contribution in [0.2, 0.25) is 0 Å². The molecule has 4 rings (SSSR count). The van der Waals surface area contributed by atoms with Gasteiger partial charge in [0.2, 0.25) is 5.65 Å². The van der Waals surface area contributed by atoms with Crippen LogP contribution < -0.4 is 4.57 Å². The molecule has 0 bridgehead atoms. The molecule has 0 saturated carbocycles. The molecule has 4 nitrogen and oxygen atoms in total. The number of pyridine rings is 2. The van der Waals surface area contributed by atoms with E-state index in [1.165, 1.54) is 0 Å². The molecule has 4 aromatic rings. The zero-order valence-corrected chi connectivity index (χ0v) is 13.4. The Bertz CT molecular complexity index is 1060. The number of phenolic OH excluding ortho intramolecular Hbond substituents is 1. The van der Waals surface area contributed by atoms with Crippen LogP contribution in [0.3, 0.4) is 0 Å². The van der Waals surface area contributed by atoms with E-state index in [2.05, 4.69) is 26.3 Å². The molecule has 0 atom stereocenters. The van der Waals surface area contributed by atoms with E-state index in [-0.39, 0.29) is 0 Å². The van der Waals surface area contributed by atoms with Gasteiger partial charge in [0.15, 0.2) is 0 Å². The molecule has 0 fully saturated rings. The summed E-state index contributed by atoms with van der Waals surface area (Å²) in [5, 5.41) is 12.6. The van der Waals surface area contributed by atoms with E-state index in [4.69, 9.17) is 0 Å². The Morgan fingerprint density at radius 3 is 2.70 bits per heavy atom. The first-order valence-electron chi connectivity index (χ1n) is 7.63. The molecular weight excluding hydrogens is 286 g/mol. The summed E-state index contributed by atoms with van der Waals surface area (Å²) in [4.78, 5) is 4.60. The van der Waals surface area contributed by atoms with Gasteiger partial charge in [-0.1, -0.05) is 6.07 Å². The largest absolute Gasteiger partial charge is 0.507 e. The van der Waals surface area contributed by atoms with Crippen molar-refractivity contribution < 1.29 is 9.67 Å². The van der Waals surface area contributed by atoms with Crippen molar-refractivity contribution in [2.45, 2.75) is 13.8 Å². The van der Waals surface area contributed by atoms with Crippen molar-refractivity contribution in [3.8, 4) is 11.6 Å². The molecular formula is C19H18N3O+. The molecule has 3 heterocycles. The molecule has 0 spiro atoms. The molecule has 0 aliphatic carbocycles. The standard InChI is InChI=1S/C19H17N3O/c1-12-11-15-14-7-6-9-20-19(14)22(17(15)13(2)18(12)23)16-8-4-5-10-21(16)3/h4-11H,1-3H3/p+1. The van der Waals surface area contributed by atoms with Gasteiger partial charge in [0.1, 0.15) is 11.3 Å². The van der Waals surface area contributed by atoms with Crippen LogP contribution in [0.15, 0.2) is 48.8 Å². The molecule has 0 saturated heterocycles. The highest BCUT2D eigenvalue weighted by Gasteiger charge is 2.24. The van der Waals surface area contributed by atoms with Crippen LogP contribution in [-0.2, 0) is 7.05 Å². The van der Waals surface area contributed by atoms with Crippen molar-refractivity contribution in [1.82, 2.24) is 9.55 Å². The molecule has 1 aromatic carbocycles. The number of hydrogen-bond donors (Lipinski definition) is 1. The van der Waals surface area contributed by atoms with Crippen LogP contribution in [0, 0.1) is 13.8 Å². The fraction of sp³-hybridized carbons (Fsp3) is 0.158. The predicted octanol–water partition coefficient (Wildman–Crippen LogP) is 3.33. The molecule has 0 aliphatic rings. The lowest BCUT2D eigenvalue weighted by molar-refractivity contribution is -0.665. The number of fused-ring (bicyclic) bond motifs is 3. The zero-order valence-electron chi connectivity index (χ0n) is 13.4. The van der Waals surface area contributed by atoms with E-state index in [1.807, 2.05) is 57.6 Å². The van der Waals surface area contributed by atoms with Gasteiger partial charge in [0.25, 0.3) is 5.82 Å². The van der Waals surface area contributed by atoms with Crippen molar-refractivity contribution in [3.63, 3.8) is 0 Å². The normalized spacial score (nSPS) is 11.4. The summed E-state index contributed by atoms with van der Waals surface area (Å²) >= 11 is 0. The number of benzene rings is 1. The van der Waals surface area contributed by atoms with Gasteiger partial charge in [-0.3, -0.25) is 0 Å². The molecule has 0 unspecified atom stereocenters. The number of aryl methyl sites for hydroxylation is 3. The predicted molar refractivity (Wildman–Crippen MR) is 90.9 cm³/mol. The first-order valence-corrected chi connectivity index (χ1v) is 7.63. The van der Waals surface area contributed by atoms with Crippen molar-refractivity contribution in [3.05, 3.63) is 59.9 Å². The fourth-order valence-corrected chi connectivity index (χ4v) is 3.32. The Morgan fingerprint density at radius 2 is 1.91 bits per heavy atom. The number of phenols is 1. The summed E-state index contributed by atoms with van der Waals surface area (Å²) in [5.74, 6) is 1.36. The highest BCUT2D eigenvalue weighted by Crippen LogP contribution is 2.37. The van der Waals surface area contributed by atoms with Crippen molar-refractivity contribution in [2.24, 2.45) is 7.05 Å². The molecule has 0 amide bonds. The second-order valence-electron chi connectivity index (χ2n) is 5.94. The van der Waals surface area contributed by atoms with Gasteiger partial charge in [-0.15, -0.1) is 0 Å². The van der Waals surface area contributed by atoms with Gasteiger partial charge in [-0.25, -0.2) is 9.55 Å². The van der Waals surface area contributed by atoms with Gasteiger partial charge in [0.05, 0.1) is 18.6 Å². The second-order valence-corrected chi connectivity index (χ2v) is 5.94. The maximum atomic E-state index is 10.4. The second kappa shape index (κ2) is 4.81. The monoisotopic (exact) mass is 304 g/mol. The van der Waals surface area contributed by atoms with Crippen molar-refractivity contribution >= 4 is 21.9 Å². The van der Waals surface area contributed by atoms with Gasteiger partial charge in [-0.2, -0.15) is 4.57 Å². The lowest BCUT2D eigenvalue weighted by Crippen LogP contribution is -2.33. The molecule has 114 valence electrons. The fourth-order valence-electron chi connectivity index (χ4n) is 3.32. The van der Waals surface area contributed by atoms with Crippen molar-refractivity contribution in [1.29, 1.82) is 0 Å². The third-order valence-electron chi connectivity index (χ3n) is 4.47. The highest BCUT2D eigenvalue weighted by molar-refractivity contribution is 6.09.